The molecule has 138 valence electrons. The quantitative estimate of drug-likeness (QED) is 0.523. The second kappa shape index (κ2) is 8.68. The van der Waals surface area contributed by atoms with Gasteiger partial charge in [-0.15, -0.1) is 0 Å². The highest BCUT2D eigenvalue weighted by Gasteiger charge is 2.12. The molecule has 1 N–H and O–H groups in total. The van der Waals surface area contributed by atoms with Gasteiger partial charge in [0.25, 0.3) is 5.56 Å². The topological polar surface area (TPSA) is 64.0 Å². The van der Waals surface area contributed by atoms with Crippen molar-refractivity contribution in [3.8, 4) is 0 Å². The van der Waals surface area contributed by atoms with E-state index < -0.39 is 0 Å². The van der Waals surface area contributed by atoms with Crippen molar-refractivity contribution < 1.29 is 4.79 Å². The van der Waals surface area contributed by atoms with Crippen molar-refractivity contribution in [2.45, 2.75) is 31.3 Å². The third-order valence-electron chi connectivity index (χ3n) is 3.95. The molecule has 0 bridgehead atoms. The third-order valence-corrected chi connectivity index (χ3v) is 5.00. The predicted octanol–water partition coefficient (Wildman–Crippen LogP) is 3.79. The summed E-state index contributed by atoms with van der Waals surface area (Å²) in [6.45, 7) is 3.70. The Labute approximate surface area is 162 Å². The van der Waals surface area contributed by atoms with Crippen LogP contribution in [0.5, 0.6) is 0 Å². The van der Waals surface area contributed by atoms with Crippen LogP contribution in [0.25, 0.3) is 0 Å². The number of aryl methyl sites for hydroxylation is 2. The Kier molecular flexibility index (Phi) is 6.08. The number of rotatable bonds is 6. The molecule has 0 aliphatic heterocycles. The molecule has 0 radical (unpaired) electrons. The summed E-state index contributed by atoms with van der Waals surface area (Å²) in [6.07, 6.45) is 0. The summed E-state index contributed by atoms with van der Waals surface area (Å²) in [6, 6.07) is 18.9. The summed E-state index contributed by atoms with van der Waals surface area (Å²) in [5, 5.41) is 3.37. The number of thioether (sulfide) groups is 1. The number of benzene rings is 2. The number of hydrogen-bond donors (Lipinski definition) is 1. The summed E-state index contributed by atoms with van der Waals surface area (Å²) in [4.78, 5) is 29.3. The van der Waals surface area contributed by atoms with E-state index >= 15 is 0 Å². The predicted molar refractivity (Wildman–Crippen MR) is 109 cm³/mol. The fraction of sp³-hybridized carbons (Fsp3) is 0.190. The highest BCUT2D eigenvalue weighted by atomic mass is 32.2. The first kappa shape index (κ1) is 18.9. The molecule has 0 aliphatic carbocycles. The maximum atomic E-state index is 12.4. The van der Waals surface area contributed by atoms with Crippen LogP contribution in [-0.2, 0) is 17.1 Å². The molecule has 0 aliphatic rings. The van der Waals surface area contributed by atoms with Gasteiger partial charge < -0.3 is 5.32 Å². The maximum absolute atomic E-state index is 12.4. The van der Waals surface area contributed by atoms with E-state index in [0.717, 1.165) is 11.1 Å². The van der Waals surface area contributed by atoms with E-state index in [0.29, 0.717) is 22.3 Å². The lowest BCUT2D eigenvalue weighted by Crippen LogP contribution is -2.29. The molecule has 27 heavy (non-hydrogen) atoms. The number of hydrogen-bond acceptors (Lipinski definition) is 4. The zero-order chi connectivity index (χ0) is 19.2. The summed E-state index contributed by atoms with van der Waals surface area (Å²) in [5.74, 6) is 0.421. The minimum Gasteiger partial charge on any atom is -0.325 e. The summed E-state index contributed by atoms with van der Waals surface area (Å²) in [7, 11) is 0. The number of nitrogens with zero attached hydrogens (tertiary/aromatic N) is 2. The SMILES string of the molecule is Cc1ccc(NC(=O)Cn2c(SCc3ccccc3)nc(C)cc2=O)cc1. The van der Waals surface area contributed by atoms with Crippen molar-refractivity contribution in [1.82, 2.24) is 9.55 Å². The monoisotopic (exact) mass is 379 g/mol. The van der Waals surface area contributed by atoms with Crippen LogP contribution in [-0.4, -0.2) is 15.5 Å². The Morgan fingerprint density at radius 3 is 2.48 bits per heavy atom. The number of amides is 1. The fourth-order valence-corrected chi connectivity index (χ4v) is 3.56. The highest BCUT2D eigenvalue weighted by Crippen LogP contribution is 2.20. The van der Waals surface area contributed by atoms with E-state index in [-0.39, 0.29) is 18.0 Å². The van der Waals surface area contributed by atoms with E-state index in [1.54, 1.807) is 6.92 Å². The van der Waals surface area contributed by atoms with E-state index in [4.69, 9.17) is 0 Å². The highest BCUT2D eigenvalue weighted by molar-refractivity contribution is 7.98. The first-order valence-corrected chi connectivity index (χ1v) is 9.61. The van der Waals surface area contributed by atoms with Crippen LogP contribution < -0.4 is 10.9 Å². The molecular formula is C21H21N3O2S. The van der Waals surface area contributed by atoms with Crippen LogP contribution >= 0.6 is 11.8 Å². The van der Waals surface area contributed by atoms with Gasteiger partial charge >= 0.3 is 0 Å². The van der Waals surface area contributed by atoms with E-state index in [1.807, 2.05) is 61.5 Å². The van der Waals surface area contributed by atoms with Crippen molar-refractivity contribution in [3.05, 3.63) is 87.8 Å². The van der Waals surface area contributed by atoms with E-state index in [2.05, 4.69) is 10.3 Å². The molecule has 1 amide bonds. The number of carbonyl (C=O) groups excluding carboxylic acids is 1. The van der Waals surface area contributed by atoms with Gasteiger partial charge in [0.15, 0.2) is 5.16 Å². The Morgan fingerprint density at radius 1 is 1.07 bits per heavy atom. The first-order valence-electron chi connectivity index (χ1n) is 8.63. The van der Waals surface area contributed by atoms with Crippen molar-refractivity contribution in [2.24, 2.45) is 0 Å². The number of nitrogens with one attached hydrogen (secondary N) is 1. The number of anilines is 1. The molecule has 0 fully saturated rings. The molecule has 0 saturated heterocycles. The summed E-state index contributed by atoms with van der Waals surface area (Å²) in [5.41, 5.74) is 3.38. The van der Waals surface area contributed by atoms with Crippen molar-refractivity contribution in [1.29, 1.82) is 0 Å². The molecular weight excluding hydrogens is 358 g/mol. The lowest BCUT2D eigenvalue weighted by Gasteiger charge is -2.12. The van der Waals surface area contributed by atoms with E-state index in [9.17, 15) is 9.59 Å². The van der Waals surface area contributed by atoms with Gasteiger partial charge in [0.1, 0.15) is 6.54 Å². The standard InChI is InChI=1S/C21H21N3O2S/c1-15-8-10-18(11-9-15)23-19(25)13-24-20(26)12-16(2)22-21(24)27-14-17-6-4-3-5-7-17/h3-12H,13-14H2,1-2H3,(H,23,25). The second-order valence-corrected chi connectivity index (χ2v) is 7.24. The van der Waals surface area contributed by atoms with Crippen LogP contribution in [0, 0.1) is 13.8 Å². The molecule has 0 unspecified atom stereocenters. The third kappa shape index (κ3) is 5.31. The lowest BCUT2D eigenvalue weighted by atomic mass is 10.2. The van der Waals surface area contributed by atoms with Gasteiger partial charge in [0.05, 0.1) is 0 Å². The van der Waals surface area contributed by atoms with Gasteiger partial charge in [-0.2, -0.15) is 0 Å². The largest absolute Gasteiger partial charge is 0.325 e. The van der Waals surface area contributed by atoms with Crippen LogP contribution in [0.4, 0.5) is 5.69 Å². The normalized spacial score (nSPS) is 10.6. The molecule has 3 rings (SSSR count). The molecule has 1 heterocycles. The Bertz CT molecular complexity index is 983. The molecule has 6 heteroatoms. The van der Waals surface area contributed by atoms with E-state index in [1.165, 1.54) is 22.4 Å². The first-order chi connectivity index (χ1) is 13.0. The molecule has 0 atom stereocenters. The minimum absolute atomic E-state index is 0.0723. The Morgan fingerprint density at radius 2 is 1.78 bits per heavy atom. The second-order valence-electron chi connectivity index (χ2n) is 6.29. The van der Waals surface area contributed by atoms with Gasteiger partial charge in [-0.25, -0.2) is 4.98 Å². The van der Waals surface area contributed by atoms with Gasteiger partial charge in [-0.1, -0.05) is 59.8 Å². The molecule has 1 aromatic heterocycles. The van der Waals surface area contributed by atoms with Gasteiger partial charge in [-0.05, 0) is 31.5 Å². The van der Waals surface area contributed by atoms with Crippen LogP contribution in [0.2, 0.25) is 0 Å². The molecule has 0 spiro atoms. The van der Waals surface area contributed by atoms with Crippen LogP contribution in [0.3, 0.4) is 0 Å². The number of aromatic nitrogens is 2. The lowest BCUT2D eigenvalue weighted by molar-refractivity contribution is -0.116. The zero-order valence-electron chi connectivity index (χ0n) is 15.3. The summed E-state index contributed by atoms with van der Waals surface area (Å²) < 4.78 is 1.42. The molecule has 3 aromatic rings. The zero-order valence-corrected chi connectivity index (χ0v) is 16.1. The van der Waals surface area contributed by atoms with Crippen molar-refractivity contribution >= 4 is 23.4 Å². The average Bonchev–Trinajstić information content (AvgIpc) is 2.65. The Balaban J connectivity index is 1.76. The molecule has 2 aromatic carbocycles. The maximum Gasteiger partial charge on any atom is 0.254 e. The van der Waals surface area contributed by atoms with Crippen molar-refractivity contribution in [3.63, 3.8) is 0 Å². The van der Waals surface area contributed by atoms with Crippen molar-refractivity contribution in [2.75, 3.05) is 5.32 Å². The van der Waals surface area contributed by atoms with Gasteiger partial charge in [-0.3, -0.25) is 14.2 Å². The van der Waals surface area contributed by atoms with Gasteiger partial charge in [0.2, 0.25) is 5.91 Å². The van der Waals surface area contributed by atoms with Crippen LogP contribution in [0.1, 0.15) is 16.8 Å². The van der Waals surface area contributed by atoms with Gasteiger partial charge in [0, 0.05) is 23.2 Å². The molecule has 0 saturated carbocycles. The molecule has 5 nitrogen and oxygen atoms in total. The average molecular weight is 379 g/mol. The number of carbonyl (C=O) groups is 1. The fourth-order valence-electron chi connectivity index (χ4n) is 2.55. The summed E-state index contributed by atoms with van der Waals surface area (Å²) >= 11 is 1.45. The Hall–Kier alpha value is -2.86. The smallest absolute Gasteiger partial charge is 0.254 e. The minimum atomic E-state index is -0.256. The van der Waals surface area contributed by atoms with Crippen LogP contribution in [0.15, 0.2) is 70.6 Å².